The molecular weight excluding hydrogens is 336 g/mol. The van der Waals surface area contributed by atoms with Crippen molar-refractivity contribution in [3.8, 4) is 0 Å². The van der Waals surface area contributed by atoms with Crippen LogP contribution in [0.1, 0.15) is 34.3 Å². The van der Waals surface area contributed by atoms with E-state index in [0.717, 1.165) is 0 Å². The summed E-state index contributed by atoms with van der Waals surface area (Å²) in [5.74, 6) is -1.20. The van der Waals surface area contributed by atoms with Crippen LogP contribution in [-0.2, 0) is 9.53 Å². The second-order valence-electron chi connectivity index (χ2n) is 5.35. The maximum Gasteiger partial charge on any atom is 0.356 e. The molecule has 0 spiro atoms. The second kappa shape index (κ2) is 7.56. The molecule has 2 amide bonds. The third kappa shape index (κ3) is 3.75. The van der Waals surface area contributed by atoms with Gasteiger partial charge >= 0.3 is 5.97 Å². The SMILES string of the molecule is CCOC(=O)c1cccc(C(=O)NC2=NN(c3ccccc3)C(=O)C2)n1. The average molecular weight is 352 g/mol. The molecule has 0 unspecified atom stereocenters. The zero-order valence-electron chi connectivity index (χ0n) is 14.0. The highest BCUT2D eigenvalue weighted by atomic mass is 16.5. The number of hydrogen-bond acceptors (Lipinski definition) is 6. The van der Waals surface area contributed by atoms with Crippen LogP contribution in [0.5, 0.6) is 0 Å². The number of para-hydroxylation sites is 1. The van der Waals surface area contributed by atoms with Crippen molar-refractivity contribution in [1.82, 2.24) is 10.3 Å². The van der Waals surface area contributed by atoms with Crippen molar-refractivity contribution in [3.05, 3.63) is 59.9 Å². The quantitative estimate of drug-likeness (QED) is 0.845. The normalized spacial score (nSPS) is 13.3. The predicted octanol–water partition coefficient (Wildman–Crippen LogP) is 1.74. The standard InChI is InChI=1S/C18H16N4O4/c1-2-26-18(25)14-10-6-9-13(19-14)17(24)20-15-11-16(23)22(21-15)12-7-4-3-5-8-12/h3-10H,2,11H2,1H3,(H,20,21,24). The number of hydrogen-bond donors (Lipinski definition) is 1. The summed E-state index contributed by atoms with van der Waals surface area (Å²) in [7, 11) is 0. The Kier molecular flexibility index (Phi) is 5.02. The van der Waals surface area contributed by atoms with Gasteiger partial charge in [-0.2, -0.15) is 10.1 Å². The van der Waals surface area contributed by atoms with E-state index in [0.29, 0.717) is 5.69 Å². The number of carbonyl (C=O) groups excluding carboxylic acids is 3. The summed E-state index contributed by atoms with van der Waals surface area (Å²) in [6, 6.07) is 13.4. The van der Waals surface area contributed by atoms with Crippen molar-refractivity contribution < 1.29 is 19.1 Å². The van der Waals surface area contributed by atoms with E-state index < -0.39 is 11.9 Å². The Morgan fingerprint density at radius 3 is 2.58 bits per heavy atom. The summed E-state index contributed by atoms with van der Waals surface area (Å²) in [5, 5.41) is 7.93. The summed E-state index contributed by atoms with van der Waals surface area (Å²) in [4.78, 5) is 40.2. The molecule has 0 saturated heterocycles. The van der Waals surface area contributed by atoms with Gasteiger partial charge < -0.3 is 10.1 Å². The number of nitrogens with one attached hydrogen (secondary N) is 1. The Hall–Kier alpha value is -3.55. The highest BCUT2D eigenvalue weighted by Crippen LogP contribution is 2.19. The molecule has 0 saturated carbocycles. The maximum absolute atomic E-state index is 12.3. The van der Waals surface area contributed by atoms with Crippen molar-refractivity contribution in [2.75, 3.05) is 11.6 Å². The van der Waals surface area contributed by atoms with Crippen molar-refractivity contribution in [3.63, 3.8) is 0 Å². The molecule has 1 aromatic carbocycles. The minimum absolute atomic E-state index is 0.0296. The summed E-state index contributed by atoms with van der Waals surface area (Å²) >= 11 is 0. The van der Waals surface area contributed by atoms with Gasteiger partial charge in [-0.05, 0) is 31.2 Å². The third-order valence-corrected chi connectivity index (χ3v) is 3.50. The summed E-state index contributed by atoms with van der Waals surface area (Å²) in [6.07, 6.45) is -0.0296. The zero-order valence-corrected chi connectivity index (χ0v) is 14.0. The van der Waals surface area contributed by atoms with Gasteiger partial charge in [0.25, 0.3) is 11.8 Å². The molecule has 0 radical (unpaired) electrons. The number of benzene rings is 1. The summed E-state index contributed by atoms with van der Waals surface area (Å²) in [5.41, 5.74) is 0.683. The average Bonchev–Trinajstić information content (AvgIpc) is 3.03. The van der Waals surface area contributed by atoms with Gasteiger partial charge in [-0.25, -0.2) is 9.78 Å². The van der Waals surface area contributed by atoms with Gasteiger partial charge in [0, 0.05) is 0 Å². The van der Waals surface area contributed by atoms with Crippen LogP contribution in [0, 0.1) is 0 Å². The van der Waals surface area contributed by atoms with E-state index in [4.69, 9.17) is 4.74 Å². The van der Waals surface area contributed by atoms with Crippen molar-refractivity contribution >= 4 is 29.3 Å². The van der Waals surface area contributed by atoms with Gasteiger partial charge in [-0.3, -0.25) is 9.59 Å². The number of amides is 2. The molecule has 1 aliphatic rings. The molecule has 3 rings (SSSR count). The van der Waals surface area contributed by atoms with Crippen LogP contribution in [-0.4, -0.2) is 35.2 Å². The van der Waals surface area contributed by atoms with E-state index >= 15 is 0 Å². The highest BCUT2D eigenvalue weighted by molar-refractivity contribution is 6.17. The third-order valence-electron chi connectivity index (χ3n) is 3.50. The first-order valence-corrected chi connectivity index (χ1v) is 7.99. The van der Waals surface area contributed by atoms with E-state index in [9.17, 15) is 14.4 Å². The molecule has 0 atom stereocenters. The van der Waals surface area contributed by atoms with Gasteiger partial charge in [0.05, 0.1) is 18.7 Å². The van der Waals surface area contributed by atoms with Crippen molar-refractivity contribution in [1.29, 1.82) is 0 Å². The minimum Gasteiger partial charge on any atom is -0.461 e. The first kappa shape index (κ1) is 17.3. The van der Waals surface area contributed by atoms with Crippen LogP contribution in [0.2, 0.25) is 0 Å². The lowest BCUT2D eigenvalue weighted by atomic mass is 10.2. The van der Waals surface area contributed by atoms with E-state index in [1.807, 2.05) is 6.07 Å². The topological polar surface area (TPSA) is 101 Å². The number of aromatic nitrogens is 1. The lowest BCUT2D eigenvalue weighted by Gasteiger charge is -2.10. The van der Waals surface area contributed by atoms with Crippen LogP contribution in [0.4, 0.5) is 5.69 Å². The summed E-state index contributed by atoms with van der Waals surface area (Å²) < 4.78 is 4.87. The maximum atomic E-state index is 12.3. The van der Waals surface area contributed by atoms with Crippen LogP contribution in [0.25, 0.3) is 0 Å². The first-order chi connectivity index (χ1) is 12.6. The van der Waals surface area contributed by atoms with Crippen LogP contribution in [0.15, 0.2) is 53.6 Å². The number of nitrogens with zero attached hydrogens (tertiary/aromatic N) is 3. The minimum atomic E-state index is -0.606. The lowest BCUT2D eigenvalue weighted by Crippen LogP contribution is -2.30. The number of carbonyl (C=O) groups is 3. The second-order valence-corrected chi connectivity index (χ2v) is 5.35. The number of esters is 1. The molecule has 1 N–H and O–H groups in total. The number of ether oxygens (including phenoxy) is 1. The van der Waals surface area contributed by atoms with Gasteiger partial charge in [-0.1, -0.05) is 24.3 Å². The van der Waals surface area contributed by atoms with E-state index in [2.05, 4.69) is 15.4 Å². The van der Waals surface area contributed by atoms with Crippen LogP contribution in [0.3, 0.4) is 0 Å². The number of anilines is 1. The van der Waals surface area contributed by atoms with Crippen LogP contribution >= 0.6 is 0 Å². The molecule has 1 aliphatic heterocycles. The van der Waals surface area contributed by atoms with Crippen molar-refractivity contribution in [2.45, 2.75) is 13.3 Å². The Balaban J connectivity index is 1.73. The Bertz CT molecular complexity index is 880. The molecule has 8 heteroatoms. The monoisotopic (exact) mass is 352 g/mol. The number of rotatable bonds is 4. The van der Waals surface area contributed by atoms with Crippen molar-refractivity contribution in [2.24, 2.45) is 5.10 Å². The molecule has 2 heterocycles. The highest BCUT2D eigenvalue weighted by Gasteiger charge is 2.26. The van der Waals surface area contributed by atoms with Gasteiger partial charge in [0.2, 0.25) is 0 Å². The number of pyridine rings is 1. The van der Waals surface area contributed by atoms with Crippen LogP contribution < -0.4 is 10.3 Å². The smallest absolute Gasteiger partial charge is 0.356 e. The van der Waals surface area contributed by atoms with Gasteiger partial charge in [-0.15, -0.1) is 0 Å². The zero-order chi connectivity index (χ0) is 18.5. The van der Waals surface area contributed by atoms with Gasteiger partial charge in [0.1, 0.15) is 17.2 Å². The summed E-state index contributed by atoms with van der Waals surface area (Å²) in [6.45, 7) is 1.90. The number of amidine groups is 1. The largest absolute Gasteiger partial charge is 0.461 e. The lowest BCUT2D eigenvalue weighted by molar-refractivity contribution is -0.116. The molecule has 8 nitrogen and oxygen atoms in total. The van der Waals surface area contributed by atoms with Gasteiger partial charge in [0.15, 0.2) is 0 Å². The predicted molar refractivity (Wildman–Crippen MR) is 93.6 cm³/mol. The Morgan fingerprint density at radius 2 is 1.85 bits per heavy atom. The molecule has 26 heavy (non-hydrogen) atoms. The Labute approximate surface area is 149 Å². The van der Waals surface area contributed by atoms with E-state index in [1.54, 1.807) is 31.2 Å². The fourth-order valence-electron chi connectivity index (χ4n) is 2.35. The molecule has 1 aromatic heterocycles. The van der Waals surface area contributed by atoms with E-state index in [-0.39, 0.29) is 36.2 Å². The molecular formula is C18H16N4O4. The Morgan fingerprint density at radius 1 is 1.12 bits per heavy atom. The first-order valence-electron chi connectivity index (χ1n) is 7.99. The molecule has 0 fully saturated rings. The fourth-order valence-corrected chi connectivity index (χ4v) is 2.35. The van der Waals surface area contributed by atoms with E-state index in [1.165, 1.54) is 23.2 Å². The molecule has 0 aliphatic carbocycles. The number of hydrazone groups is 1. The molecule has 0 bridgehead atoms. The fraction of sp³-hybridized carbons (Fsp3) is 0.167. The molecule has 2 aromatic rings. The molecule has 132 valence electrons.